The third-order valence-electron chi connectivity index (χ3n) is 3.87. The lowest BCUT2D eigenvalue weighted by atomic mass is 10.1. The molecule has 0 radical (unpaired) electrons. The minimum Gasteiger partial charge on any atom is -0.354 e. The summed E-state index contributed by atoms with van der Waals surface area (Å²) in [6.45, 7) is 2.88. The van der Waals surface area contributed by atoms with Crippen LogP contribution in [0.2, 0.25) is 0 Å². The molecule has 2 amide bonds. The number of carbonyl (C=O) groups is 2. The van der Waals surface area contributed by atoms with Crippen molar-refractivity contribution in [2.24, 2.45) is 0 Å². The molecule has 2 rings (SSSR count). The number of nitrogens with zero attached hydrogens (tertiary/aromatic N) is 1. The second kappa shape index (κ2) is 7.33. The van der Waals surface area contributed by atoms with Crippen molar-refractivity contribution in [3.05, 3.63) is 35.4 Å². The van der Waals surface area contributed by atoms with E-state index in [1.165, 1.54) is 12.1 Å². The van der Waals surface area contributed by atoms with Crippen LogP contribution in [0.15, 0.2) is 18.2 Å². The van der Waals surface area contributed by atoms with Crippen LogP contribution in [-0.2, 0) is 16.0 Å². The number of amides is 2. The van der Waals surface area contributed by atoms with Crippen LogP contribution in [0.5, 0.6) is 0 Å². The second-order valence-corrected chi connectivity index (χ2v) is 5.59. The zero-order chi connectivity index (χ0) is 16.1. The molecule has 1 aliphatic heterocycles. The summed E-state index contributed by atoms with van der Waals surface area (Å²) in [4.78, 5) is 25.4. The number of benzene rings is 1. The van der Waals surface area contributed by atoms with Gasteiger partial charge in [0.2, 0.25) is 11.8 Å². The third-order valence-corrected chi connectivity index (χ3v) is 3.87. The Balaban J connectivity index is 1.84. The molecule has 120 valence electrons. The summed E-state index contributed by atoms with van der Waals surface area (Å²) in [5.74, 6) is -2.24. The van der Waals surface area contributed by atoms with E-state index in [-0.39, 0.29) is 29.8 Å². The van der Waals surface area contributed by atoms with Gasteiger partial charge in [-0.2, -0.15) is 0 Å². The van der Waals surface area contributed by atoms with Crippen LogP contribution >= 0.6 is 0 Å². The van der Waals surface area contributed by atoms with E-state index in [0.29, 0.717) is 19.5 Å². The molecule has 22 heavy (non-hydrogen) atoms. The minimum atomic E-state index is -0.989. The van der Waals surface area contributed by atoms with E-state index >= 15 is 0 Å². The monoisotopic (exact) mass is 310 g/mol. The molecule has 1 N–H and O–H groups in total. The van der Waals surface area contributed by atoms with Crippen molar-refractivity contribution < 1.29 is 18.4 Å². The topological polar surface area (TPSA) is 49.4 Å². The van der Waals surface area contributed by atoms with Crippen molar-refractivity contribution in [1.29, 1.82) is 0 Å². The van der Waals surface area contributed by atoms with Gasteiger partial charge in [0.1, 0.15) is 0 Å². The Kier molecular flexibility index (Phi) is 5.46. The van der Waals surface area contributed by atoms with Gasteiger partial charge in [-0.3, -0.25) is 9.59 Å². The van der Waals surface area contributed by atoms with Crippen LogP contribution in [0.25, 0.3) is 0 Å². The summed E-state index contributed by atoms with van der Waals surface area (Å²) in [6.07, 6.45) is 2.21. The molecule has 0 bridgehead atoms. The van der Waals surface area contributed by atoms with Gasteiger partial charge in [0.05, 0.1) is 6.42 Å². The summed E-state index contributed by atoms with van der Waals surface area (Å²) in [5, 5.41) is 2.67. The molecule has 0 unspecified atom stereocenters. The molecule has 1 aliphatic rings. The molecule has 0 aliphatic carbocycles. The highest BCUT2D eigenvalue weighted by Crippen LogP contribution is 2.14. The molecule has 1 fully saturated rings. The summed E-state index contributed by atoms with van der Waals surface area (Å²) in [5.41, 5.74) is 0.0270. The lowest BCUT2D eigenvalue weighted by molar-refractivity contribution is -0.135. The van der Waals surface area contributed by atoms with Crippen LogP contribution in [0.1, 0.15) is 31.7 Å². The standard InChI is InChI=1S/C16H20F2N2O2/c1-11(20-8-3-2-7-15(20)22)10-19-14(21)9-12-5-4-6-13(17)16(12)18/h4-6,11H,2-3,7-10H2,1H3,(H,19,21)/t11-/m1/s1. The highest BCUT2D eigenvalue weighted by molar-refractivity contribution is 5.79. The Bertz CT molecular complexity index is 563. The molecule has 1 aromatic carbocycles. The van der Waals surface area contributed by atoms with Crippen molar-refractivity contribution in [1.82, 2.24) is 10.2 Å². The van der Waals surface area contributed by atoms with E-state index in [4.69, 9.17) is 0 Å². The minimum absolute atomic E-state index is 0.0270. The maximum Gasteiger partial charge on any atom is 0.224 e. The number of rotatable bonds is 5. The Morgan fingerprint density at radius 2 is 2.14 bits per heavy atom. The SMILES string of the molecule is C[C@H](CNC(=O)Cc1cccc(F)c1F)N1CCCCC1=O. The molecule has 1 aromatic rings. The van der Waals surface area contributed by atoms with Gasteiger partial charge >= 0.3 is 0 Å². The van der Waals surface area contributed by atoms with Crippen molar-refractivity contribution in [2.45, 2.75) is 38.6 Å². The van der Waals surface area contributed by atoms with Crippen molar-refractivity contribution in [3.8, 4) is 0 Å². The first-order valence-corrected chi connectivity index (χ1v) is 7.48. The summed E-state index contributed by atoms with van der Waals surface area (Å²) in [6, 6.07) is 3.67. The number of hydrogen-bond donors (Lipinski definition) is 1. The molecular formula is C16H20F2N2O2. The van der Waals surface area contributed by atoms with Gasteiger partial charge in [-0.05, 0) is 25.8 Å². The molecular weight excluding hydrogens is 290 g/mol. The number of nitrogens with one attached hydrogen (secondary N) is 1. The Hall–Kier alpha value is -1.98. The van der Waals surface area contributed by atoms with Gasteiger partial charge in [0.25, 0.3) is 0 Å². The fourth-order valence-corrected chi connectivity index (χ4v) is 2.59. The van der Waals surface area contributed by atoms with Gasteiger partial charge in [-0.15, -0.1) is 0 Å². The normalized spacial score (nSPS) is 16.5. The van der Waals surface area contributed by atoms with Crippen LogP contribution in [0, 0.1) is 11.6 Å². The van der Waals surface area contributed by atoms with Gasteiger partial charge in [-0.1, -0.05) is 12.1 Å². The first-order valence-electron chi connectivity index (χ1n) is 7.48. The molecule has 1 atom stereocenters. The number of halogens is 2. The Morgan fingerprint density at radius 3 is 2.86 bits per heavy atom. The van der Waals surface area contributed by atoms with Gasteiger partial charge in [0, 0.05) is 31.1 Å². The smallest absolute Gasteiger partial charge is 0.224 e. The van der Waals surface area contributed by atoms with E-state index in [2.05, 4.69) is 5.32 Å². The second-order valence-electron chi connectivity index (χ2n) is 5.59. The van der Waals surface area contributed by atoms with E-state index in [0.717, 1.165) is 18.9 Å². The van der Waals surface area contributed by atoms with Crippen molar-refractivity contribution >= 4 is 11.8 Å². The lowest BCUT2D eigenvalue weighted by Gasteiger charge is -2.32. The number of carbonyl (C=O) groups excluding carboxylic acids is 2. The van der Waals surface area contributed by atoms with E-state index < -0.39 is 11.6 Å². The number of hydrogen-bond acceptors (Lipinski definition) is 2. The molecule has 1 saturated heterocycles. The maximum atomic E-state index is 13.5. The number of likely N-dealkylation sites (tertiary alicyclic amines) is 1. The quantitative estimate of drug-likeness (QED) is 0.904. The summed E-state index contributed by atoms with van der Waals surface area (Å²) >= 11 is 0. The third kappa shape index (κ3) is 4.02. The van der Waals surface area contributed by atoms with Crippen LogP contribution in [0.3, 0.4) is 0 Å². The molecule has 6 heteroatoms. The summed E-state index contributed by atoms with van der Waals surface area (Å²) < 4.78 is 26.6. The highest BCUT2D eigenvalue weighted by atomic mass is 19.2. The summed E-state index contributed by atoms with van der Waals surface area (Å²) in [7, 11) is 0. The van der Waals surface area contributed by atoms with E-state index in [1.54, 1.807) is 4.90 Å². The Morgan fingerprint density at radius 1 is 1.36 bits per heavy atom. The molecule has 0 aromatic heterocycles. The van der Waals surface area contributed by atoms with E-state index in [1.807, 2.05) is 6.92 Å². The average Bonchev–Trinajstić information content (AvgIpc) is 2.50. The molecule has 0 saturated carbocycles. The highest BCUT2D eigenvalue weighted by Gasteiger charge is 2.23. The lowest BCUT2D eigenvalue weighted by Crippen LogP contribution is -2.47. The predicted molar refractivity (Wildman–Crippen MR) is 78.1 cm³/mol. The predicted octanol–water partition coefficient (Wildman–Crippen LogP) is 2.02. The largest absolute Gasteiger partial charge is 0.354 e. The van der Waals surface area contributed by atoms with Crippen LogP contribution < -0.4 is 5.32 Å². The molecule has 4 nitrogen and oxygen atoms in total. The van der Waals surface area contributed by atoms with Crippen LogP contribution in [0.4, 0.5) is 8.78 Å². The zero-order valence-electron chi connectivity index (χ0n) is 12.6. The van der Waals surface area contributed by atoms with Gasteiger partial charge in [-0.25, -0.2) is 8.78 Å². The average molecular weight is 310 g/mol. The fraction of sp³-hybridized carbons (Fsp3) is 0.500. The van der Waals surface area contributed by atoms with E-state index in [9.17, 15) is 18.4 Å². The first kappa shape index (κ1) is 16.4. The molecule has 0 spiro atoms. The first-order chi connectivity index (χ1) is 10.5. The van der Waals surface area contributed by atoms with Gasteiger partial charge < -0.3 is 10.2 Å². The fourth-order valence-electron chi connectivity index (χ4n) is 2.59. The van der Waals surface area contributed by atoms with Crippen molar-refractivity contribution in [2.75, 3.05) is 13.1 Å². The van der Waals surface area contributed by atoms with Crippen LogP contribution in [-0.4, -0.2) is 35.8 Å². The van der Waals surface area contributed by atoms with Crippen molar-refractivity contribution in [3.63, 3.8) is 0 Å². The number of piperidine rings is 1. The molecule has 1 heterocycles. The maximum absolute atomic E-state index is 13.5. The zero-order valence-corrected chi connectivity index (χ0v) is 12.6. The van der Waals surface area contributed by atoms with Gasteiger partial charge in [0.15, 0.2) is 11.6 Å². The Labute approximate surface area is 128 Å².